The number of unbranched alkanes of at least 4 members (excludes halogenated alkanes) is 6. The minimum atomic E-state index is -0.159. The second-order valence-corrected chi connectivity index (χ2v) is 11.3. The number of nitrogens with zero attached hydrogens (tertiary/aromatic N) is 4. The zero-order valence-corrected chi connectivity index (χ0v) is 24.1. The summed E-state index contributed by atoms with van der Waals surface area (Å²) in [5, 5.41) is 0.798. The summed E-state index contributed by atoms with van der Waals surface area (Å²) >= 11 is 1.65. The zero-order valence-electron chi connectivity index (χ0n) is 23.3. The van der Waals surface area contributed by atoms with Gasteiger partial charge in [0, 0.05) is 42.9 Å². The van der Waals surface area contributed by atoms with Crippen molar-refractivity contribution in [2.75, 3.05) is 0 Å². The normalized spacial score (nSPS) is 11.1. The van der Waals surface area contributed by atoms with E-state index in [9.17, 15) is 4.79 Å². The van der Waals surface area contributed by atoms with Crippen molar-refractivity contribution < 1.29 is 0 Å². The van der Waals surface area contributed by atoms with E-state index >= 15 is 0 Å². The summed E-state index contributed by atoms with van der Waals surface area (Å²) in [4.78, 5) is 25.6. The summed E-state index contributed by atoms with van der Waals surface area (Å²) in [7, 11) is 0. The van der Waals surface area contributed by atoms with Gasteiger partial charge < -0.3 is 4.57 Å². The molecule has 2 heterocycles. The van der Waals surface area contributed by atoms with Crippen LogP contribution in [-0.4, -0.2) is 19.5 Å². The lowest BCUT2D eigenvalue weighted by Crippen LogP contribution is -2.20. The predicted molar refractivity (Wildman–Crippen MR) is 161 cm³/mol. The number of thioether (sulfide) groups is 1. The first-order chi connectivity index (χ1) is 19.1. The van der Waals surface area contributed by atoms with Crippen LogP contribution in [0.2, 0.25) is 0 Å². The smallest absolute Gasteiger partial charge is 0.277 e. The molecule has 0 amide bonds. The van der Waals surface area contributed by atoms with Gasteiger partial charge in [-0.25, -0.2) is 9.97 Å². The Hall–Kier alpha value is -3.25. The highest BCUT2D eigenvalue weighted by Gasteiger charge is 2.11. The average Bonchev–Trinajstić information content (AvgIpc) is 2.95. The number of aromatic nitrogens is 4. The first-order valence-electron chi connectivity index (χ1n) is 14.2. The molecule has 0 spiro atoms. The topological polar surface area (TPSA) is 60.7 Å². The quantitative estimate of drug-likeness (QED) is 0.0887. The lowest BCUT2D eigenvalue weighted by Gasteiger charge is -2.14. The number of hydrogen-bond donors (Lipinski definition) is 0. The van der Waals surface area contributed by atoms with E-state index in [2.05, 4.69) is 81.9 Å². The Balaban J connectivity index is 1.30. The van der Waals surface area contributed by atoms with Gasteiger partial charge in [-0.3, -0.25) is 4.79 Å². The van der Waals surface area contributed by atoms with Gasteiger partial charge >= 0.3 is 0 Å². The van der Waals surface area contributed by atoms with Crippen molar-refractivity contribution in [1.29, 1.82) is 0 Å². The van der Waals surface area contributed by atoms with E-state index in [4.69, 9.17) is 0 Å². The van der Waals surface area contributed by atoms with Crippen LogP contribution in [0.4, 0.5) is 0 Å². The molecule has 2 aromatic heterocycles. The van der Waals surface area contributed by atoms with E-state index < -0.39 is 0 Å². The van der Waals surface area contributed by atoms with Gasteiger partial charge in [0.25, 0.3) is 5.56 Å². The van der Waals surface area contributed by atoms with Crippen LogP contribution in [0.1, 0.15) is 78.3 Å². The van der Waals surface area contributed by atoms with Crippen molar-refractivity contribution in [1.82, 2.24) is 19.5 Å². The van der Waals surface area contributed by atoms with Crippen LogP contribution in [0.5, 0.6) is 0 Å². The average molecular weight is 541 g/mol. The van der Waals surface area contributed by atoms with E-state index in [-0.39, 0.29) is 5.56 Å². The maximum Gasteiger partial charge on any atom is 0.277 e. The predicted octanol–water partition coefficient (Wildman–Crippen LogP) is 7.51. The van der Waals surface area contributed by atoms with Crippen molar-refractivity contribution in [2.24, 2.45) is 0 Å². The molecule has 0 atom stereocenters. The number of aryl methyl sites for hydroxylation is 4. The highest BCUT2D eigenvalue weighted by atomic mass is 32.2. The Bertz CT molecular complexity index is 1360. The fraction of sp³-hybridized carbons (Fsp3) is 0.394. The minimum absolute atomic E-state index is 0.159. The SMILES string of the molecule is Cc1ccc(CSc2nc(=O)c(Cc3cncnc3)cn2CCCCCCCCCc2ccccc2)cc1C. The second kappa shape index (κ2) is 15.4. The van der Waals surface area contributed by atoms with E-state index in [1.807, 2.05) is 6.20 Å². The fourth-order valence-corrected chi connectivity index (χ4v) is 5.67. The molecule has 0 saturated heterocycles. The molecule has 0 saturated carbocycles. The van der Waals surface area contributed by atoms with Gasteiger partial charge in [-0.15, -0.1) is 0 Å². The van der Waals surface area contributed by atoms with E-state index in [1.54, 1.807) is 24.2 Å². The summed E-state index contributed by atoms with van der Waals surface area (Å²) < 4.78 is 2.19. The molecule has 0 unspecified atom stereocenters. The molecule has 39 heavy (non-hydrogen) atoms. The summed E-state index contributed by atoms with van der Waals surface area (Å²) in [6.07, 6.45) is 17.4. The minimum Gasteiger partial charge on any atom is -0.327 e. The van der Waals surface area contributed by atoms with E-state index in [0.717, 1.165) is 29.4 Å². The lowest BCUT2D eigenvalue weighted by atomic mass is 10.0. The molecule has 0 aliphatic carbocycles. The van der Waals surface area contributed by atoms with Crippen LogP contribution in [0.3, 0.4) is 0 Å². The Labute approximate surface area is 237 Å². The van der Waals surface area contributed by atoms with Crippen LogP contribution in [0.15, 0.2) is 83.4 Å². The van der Waals surface area contributed by atoms with Crippen LogP contribution in [-0.2, 0) is 25.1 Å². The molecule has 4 aromatic rings. The van der Waals surface area contributed by atoms with Crippen molar-refractivity contribution in [2.45, 2.75) is 89.1 Å². The molecule has 4 rings (SSSR count). The summed E-state index contributed by atoms with van der Waals surface area (Å²) in [6, 6.07) is 17.3. The summed E-state index contributed by atoms with van der Waals surface area (Å²) in [5.74, 6) is 0.794. The third-order valence-corrected chi connectivity index (χ3v) is 8.25. The molecule has 0 aliphatic rings. The summed E-state index contributed by atoms with van der Waals surface area (Å²) in [6.45, 7) is 5.14. The number of benzene rings is 2. The Morgan fingerprint density at radius 2 is 1.49 bits per heavy atom. The number of rotatable bonds is 15. The zero-order chi connectivity index (χ0) is 27.3. The maximum atomic E-state index is 12.9. The van der Waals surface area contributed by atoms with Gasteiger partial charge in [-0.1, -0.05) is 92.4 Å². The molecular weight excluding hydrogens is 500 g/mol. The Morgan fingerprint density at radius 3 is 2.23 bits per heavy atom. The lowest BCUT2D eigenvalue weighted by molar-refractivity contribution is 0.515. The third kappa shape index (κ3) is 9.47. The first-order valence-corrected chi connectivity index (χ1v) is 15.1. The molecule has 5 nitrogen and oxygen atoms in total. The largest absolute Gasteiger partial charge is 0.327 e. The van der Waals surface area contributed by atoms with Gasteiger partial charge in [0.2, 0.25) is 0 Å². The second-order valence-electron chi connectivity index (χ2n) is 10.4. The van der Waals surface area contributed by atoms with Gasteiger partial charge in [0.1, 0.15) is 6.33 Å². The van der Waals surface area contributed by atoms with Crippen LogP contribution >= 0.6 is 11.8 Å². The van der Waals surface area contributed by atoms with Crippen molar-refractivity contribution in [3.63, 3.8) is 0 Å². The molecule has 0 fully saturated rings. The molecule has 0 radical (unpaired) electrons. The van der Waals surface area contributed by atoms with Gasteiger partial charge in [-0.2, -0.15) is 4.98 Å². The van der Waals surface area contributed by atoms with Crippen LogP contribution < -0.4 is 5.56 Å². The van der Waals surface area contributed by atoms with E-state index in [1.165, 1.54) is 73.5 Å². The first kappa shape index (κ1) is 28.8. The van der Waals surface area contributed by atoms with Gasteiger partial charge in [-0.05, 0) is 60.9 Å². The molecule has 0 bridgehead atoms. The Kier molecular flexibility index (Phi) is 11.3. The molecular formula is C33H40N4OS. The highest BCUT2D eigenvalue weighted by Crippen LogP contribution is 2.23. The highest BCUT2D eigenvalue weighted by molar-refractivity contribution is 7.98. The number of hydrogen-bond acceptors (Lipinski definition) is 5. The van der Waals surface area contributed by atoms with Crippen molar-refractivity contribution in [3.8, 4) is 0 Å². The molecule has 2 aromatic carbocycles. The molecule has 0 aliphatic heterocycles. The van der Waals surface area contributed by atoms with Gasteiger partial charge in [0.15, 0.2) is 5.16 Å². The van der Waals surface area contributed by atoms with Crippen molar-refractivity contribution >= 4 is 11.8 Å². The van der Waals surface area contributed by atoms with Crippen LogP contribution in [0.25, 0.3) is 0 Å². The standard InChI is InChI=1S/C33H40N4OS/c1-26-16-17-29(19-27(26)2)24-39-33-36-32(38)31(20-30-21-34-25-35-22-30)23-37(33)18-12-7-5-3-4-6-9-13-28-14-10-8-11-15-28/h8,10-11,14-17,19,21-23,25H,3-7,9,12-13,18,20,24H2,1-2H3. The fourth-order valence-electron chi connectivity index (χ4n) is 4.74. The Morgan fingerprint density at radius 1 is 0.769 bits per heavy atom. The monoisotopic (exact) mass is 540 g/mol. The van der Waals surface area contributed by atoms with Gasteiger partial charge in [0.05, 0.1) is 0 Å². The van der Waals surface area contributed by atoms with E-state index in [0.29, 0.717) is 12.0 Å². The third-order valence-electron chi connectivity index (χ3n) is 7.18. The van der Waals surface area contributed by atoms with Crippen molar-refractivity contribution in [3.05, 3.63) is 117 Å². The van der Waals surface area contributed by atoms with Crippen LogP contribution in [0, 0.1) is 13.8 Å². The maximum absolute atomic E-state index is 12.9. The molecule has 204 valence electrons. The molecule has 6 heteroatoms. The molecule has 0 N–H and O–H groups in total. The summed E-state index contributed by atoms with van der Waals surface area (Å²) in [5.41, 5.74) is 6.74.